The van der Waals surface area contributed by atoms with Crippen molar-refractivity contribution >= 4 is 11.9 Å². The highest BCUT2D eigenvalue weighted by Crippen LogP contribution is 2.18. The smallest absolute Gasteiger partial charge is 0.326 e. The van der Waals surface area contributed by atoms with Crippen LogP contribution in [0.25, 0.3) is 0 Å². The highest BCUT2D eigenvalue weighted by molar-refractivity contribution is 5.85. The minimum atomic E-state index is -0.978. The van der Waals surface area contributed by atoms with Gasteiger partial charge >= 0.3 is 5.97 Å². The van der Waals surface area contributed by atoms with Crippen LogP contribution in [-0.4, -0.2) is 41.1 Å². The number of ether oxygens (including phenoxy) is 1. The molecular weight excluding hydrogens is 260 g/mol. The molecule has 1 N–H and O–H groups in total. The van der Waals surface area contributed by atoms with Crippen LogP contribution in [0.5, 0.6) is 5.75 Å². The number of aliphatic carboxylic acids is 1. The summed E-state index contributed by atoms with van der Waals surface area (Å²) < 4.78 is 5.31. The second-order valence-electron chi connectivity index (χ2n) is 4.51. The number of rotatable bonds is 4. The van der Waals surface area contributed by atoms with Crippen molar-refractivity contribution in [3.63, 3.8) is 0 Å². The maximum absolute atomic E-state index is 11.9. The molecule has 1 saturated heterocycles. The minimum absolute atomic E-state index is 0.199. The number of likely N-dealkylation sites (tertiary alicyclic amines) is 1. The van der Waals surface area contributed by atoms with Gasteiger partial charge in [-0.05, 0) is 37.1 Å². The Kier molecular flexibility index (Phi) is 4.20. The van der Waals surface area contributed by atoms with Crippen molar-refractivity contribution in [2.45, 2.75) is 18.9 Å². The van der Waals surface area contributed by atoms with E-state index in [4.69, 9.17) is 15.1 Å². The molecule has 104 valence electrons. The van der Waals surface area contributed by atoms with Crippen molar-refractivity contribution in [2.75, 3.05) is 13.2 Å². The lowest BCUT2D eigenvalue weighted by Crippen LogP contribution is -2.42. The van der Waals surface area contributed by atoms with Gasteiger partial charge in [-0.3, -0.25) is 4.79 Å². The summed E-state index contributed by atoms with van der Waals surface area (Å²) in [5.74, 6) is -0.836. The van der Waals surface area contributed by atoms with E-state index in [1.54, 1.807) is 24.3 Å². The van der Waals surface area contributed by atoms with E-state index in [0.29, 0.717) is 30.7 Å². The van der Waals surface area contributed by atoms with E-state index in [9.17, 15) is 9.59 Å². The monoisotopic (exact) mass is 274 g/mol. The van der Waals surface area contributed by atoms with Crippen molar-refractivity contribution in [3.05, 3.63) is 29.8 Å². The third-order valence-corrected chi connectivity index (χ3v) is 3.20. The number of amides is 1. The first kappa shape index (κ1) is 13.9. The molecule has 1 heterocycles. The molecule has 1 amide bonds. The molecule has 0 unspecified atom stereocenters. The number of nitriles is 1. The maximum atomic E-state index is 11.9. The molecule has 1 aliphatic heterocycles. The number of carbonyl (C=O) groups is 2. The Hall–Kier alpha value is -2.55. The highest BCUT2D eigenvalue weighted by Gasteiger charge is 2.33. The van der Waals surface area contributed by atoms with Crippen molar-refractivity contribution in [1.82, 2.24) is 4.90 Å². The molecule has 0 saturated carbocycles. The predicted octanol–water partition coefficient (Wildman–Crippen LogP) is 1.01. The van der Waals surface area contributed by atoms with E-state index < -0.39 is 12.0 Å². The third-order valence-electron chi connectivity index (χ3n) is 3.20. The third kappa shape index (κ3) is 3.06. The summed E-state index contributed by atoms with van der Waals surface area (Å²) in [4.78, 5) is 24.3. The molecule has 1 aromatic rings. The van der Waals surface area contributed by atoms with Gasteiger partial charge in [-0.2, -0.15) is 5.26 Å². The summed E-state index contributed by atoms with van der Waals surface area (Å²) in [5.41, 5.74) is 0.508. The van der Waals surface area contributed by atoms with E-state index in [0.717, 1.165) is 0 Å². The first-order valence-electron chi connectivity index (χ1n) is 6.27. The Bertz CT molecular complexity index is 547. The van der Waals surface area contributed by atoms with E-state index >= 15 is 0 Å². The molecule has 0 radical (unpaired) electrons. The van der Waals surface area contributed by atoms with E-state index in [1.165, 1.54) is 4.90 Å². The number of carbonyl (C=O) groups excluding carboxylic acids is 1. The zero-order valence-corrected chi connectivity index (χ0v) is 10.8. The van der Waals surface area contributed by atoms with Gasteiger partial charge in [-0.15, -0.1) is 0 Å². The molecular formula is C14H14N2O4. The summed E-state index contributed by atoms with van der Waals surface area (Å²) in [6, 6.07) is 7.63. The van der Waals surface area contributed by atoms with Crippen LogP contribution in [0.15, 0.2) is 24.3 Å². The number of carboxylic acid groups (broad SMARTS) is 1. The largest absolute Gasteiger partial charge is 0.484 e. The van der Waals surface area contributed by atoms with Crippen LogP contribution < -0.4 is 4.74 Å². The van der Waals surface area contributed by atoms with Crippen molar-refractivity contribution in [1.29, 1.82) is 5.26 Å². The van der Waals surface area contributed by atoms with Gasteiger partial charge in [0.15, 0.2) is 6.61 Å². The Morgan fingerprint density at radius 3 is 2.70 bits per heavy atom. The molecule has 2 rings (SSSR count). The van der Waals surface area contributed by atoms with Gasteiger partial charge in [0.25, 0.3) is 5.91 Å². The lowest BCUT2D eigenvalue weighted by atomic mass is 10.2. The van der Waals surface area contributed by atoms with Crippen molar-refractivity contribution in [3.8, 4) is 11.8 Å². The molecule has 6 heteroatoms. The van der Waals surface area contributed by atoms with Crippen molar-refractivity contribution < 1.29 is 19.4 Å². The van der Waals surface area contributed by atoms with Crippen LogP contribution in [-0.2, 0) is 9.59 Å². The maximum Gasteiger partial charge on any atom is 0.326 e. The Balaban J connectivity index is 1.91. The molecule has 6 nitrogen and oxygen atoms in total. The zero-order valence-electron chi connectivity index (χ0n) is 10.8. The van der Waals surface area contributed by atoms with Gasteiger partial charge in [0, 0.05) is 6.54 Å². The molecule has 0 aromatic heterocycles. The molecule has 0 bridgehead atoms. The van der Waals surface area contributed by atoms with E-state index in [-0.39, 0.29) is 12.5 Å². The van der Waals surface area contributed by atoms with Gasteiger partial charge in [0.2, 0.25) is 0 Å². The molecule has 1 aliphatic rings. The topological polar surface area (TPSA) is 90.6 Å². The standard InChI is InChI=1S/C14H14N2O4/c15-8-10-3-5-11(6-4-10)20-9-13(17)16-7-1-2-12(16)14(18)19/h3-6,12H,1-2,7,9H2,(H,18,19)/t12-/m1/s1. The fourth-order valence-corrected chi connectivity index (χ4v) is 2.18. The molecule has 1 atom stereocenters. The number of hydrogen-bond acceptors (Lipinski definition) is 4. The molecule has 0 spiro atoms. The SMILES string of the molecule is N#Cc1ccc(OCC(=O)N2CCC[C@@H]2C(=O)O)cc1. The van der Waals surface area contributed by atoms with Gasteiger partial charge in [-0.1, -0.05) is 0 Å². The lowest BCUT2D eigenvalue weighted by Gasteiger charge is -2.21. The van der Waals surface area contributed by atoms with E-state index in [1.807, 2.05) is 6.07 Å². The van der Waals surface area contributed by atoms with Crippen LogP contribution in [0.2, 0.25) is 0 Å². The number of carboxylic acids is 1. The van der Waals surface area contributed by atoms with Crippen LogP contribution >= 0.6 is 0 Å². The van der Waals surface area contributed by atoms with Crippen LogP contribution in [0.1, 0.15) is 18.4 Å². The lowest BCUT2D eigenvalue weighted by molar-refractivity contribution is -0.148. The van der Waals surface area contributed by atoms with Crippen LogP contribution in [0.4, 0.5) is 0 Å². The normalized spacial score (nSPS) is 17.6. The molecule has 1 fully saturated rings. The molecule has 0 aliphatic carbocycles. The summed E-state index contributed by atoms with van der Waals surface area (Å²) in [7, 11) is 0. The second kappa shape index (κ2) is 6.06. The first-order valence-corrected chi connectivity index (χ1v) is 6.27. The first-order chi connectivity index (χ1) is 9.61. The van der Waals surface area contributed by atoms with Gasteiger partial charge in [-0.25, -0.2) is 4.79 Å². The Morgan fingerprint density at radius 1 is 1.40 bits per heavy atom. The molecule has 20 heavy (non-hydrogen) atoms. The quantitative estimate of drug-likeness (QED) is 0.885. The Morgan fingerprint density at radius 2 is 2.10 bits per heavy atom. The zero-order chi connectivity index (χ0) is 14.5. The average Bonchev–Trinajstić information content (AvgIpc) is 2.95. The van der Waals surface area contributed by atoms with Crippen molar-refractivity contribution in [2.24, 2.45) is 0 Å². The summed E-state index contributed by atoms with van der Waals surface area (Å²) in [6.07, 6.45) is 1.18. The van der Waals surface area contributed by atoms with Gasteiger partial charge < -0.3 is 14.7 Å². The number of hydrogen-bond donors (Lipinski definition) is 1. The molecule has 1 aromatic carbocycles. The fourth-order valence-electron chi connectivity index (χ4n) is 2.18. The fraction of sp³-hybridized carbons (Fsp3) is 0.357. The van der Waals surface area contributed by atoms with Crippen LogP contribution in [0.3, 0.4) is 0 Å². The summed E-state index contributed by atoms with van der Waals surface area (Å²) in [6.45, 7) is 0.252. The number of benzene rings is 1. The van der Waals surface area contributed by atoms with Gasteiger partial charge in [0.1, 0.15) is 11.8 Å². The van der Waals surface area contributed by atoms with Crippen LogP contribution in [0, 0.1) is 11.3 Å². The highest BCUT2D eigenvalue weighted by atomic mass is 16.5. The number of nitrogens with zero attached hydrogens (tertiary/aromatic N) is 2. The van der Waals surface area contributed by atoms with E-state index in [2.05, 4.69) is 0 Å². The second-order valence-corrected chi connectivity index (χ2v) is 4.51. The predicted molar refractivity (Wildman–Crippen MR) is 69.0 cm³/mol. The summed E-state index contributed by atoms with van der Waals surface area (Å²) in [5, 5.41) is 17.7. The summed E-state index contributed by atoms with van der Waals surface area (Å²) >= 11 is 0. The Labute approximate surface area is 116 Å². The van der Waals surface area contributed by atoms with Gasteiger partial charge in [0.05, 0.1) is 11.6 Å². The average molecular weight is 274 g/mol. The minimum Gasteiger partial charge on any atom is -0.484 e.